The summed E-state index contributed by atoms with van der Waals surface area (Å²) in [7, 11) is 0. The first-order valence-electron chi connectivity index (χ1n) is 11.1. The number of nitrogens with zero attached hydrogens (tertiary/aromatic N) is 2. The lowest BCUT2D eigenvalue weighted by Gasteiger charge is -2.11. The van der Waals surface area contributed by atoms with E-state index < -0.39 is 0 Å². The molecule has 0 fully saturated rings. The zero-order valence-electron chi connectivity index (χ0n) is 18.8. The van der Waals surface area contributed by atoms with Crippen molar-refractivity contribution in [2.45, 2.75) is 6.92 Å². The van der Waals surface area contributed by atoms with Crippen molar-refractivity contribution in [2.24, 2.45) is 0 Å². The van der Waals surface area contributed by atoms with Crippen LogP contribution in [0.5, 0.6) is 11.5 Å². The van der Waals surface area contributed by atoms with Crippen LogP contribution in [0, 0.1) is 6.92 Å². The highest BCUT2D eigenvalue weighted by Crippen LogP contribution is 2.20. The van der Waals surface area contributed by atoms with Crippen molar-refractivity contribution in [3.63, 3.8) is 0 Å². The van der Waals surface area contributed by atoms with E-state index in [0.717, 1.165) is 27.9 Å². The Kier molecular flexibility index (Phi) is 6.56. The van der Waals surface area contributed by atoms with Crippen LogP contribution in [0.15, 0.2) is 77.6 Å². The molecule has 7 heteroatoms. The van der Waals surface area contributed by atoms with Crippen LogP contribution in [0.4, 0.5) is 0 Å². The summed E-state index contributed by atoms with van der Waals surface area (Å²) in [6.45, 7) is 3.82. The first-order chi connectivity index (χ1) is 16.7. The number of rotatable bonds is 9. The van der Waals surface area contributed by atoms with Crippen molar-refractivity contribution < 1.29 is 14.2 Å². The molecule has 0 unspecified atom stereocenters. The average molecular weight is 473 g/mol. The molecule has 0 aliphatic carbocycles. The lowest BCUT2D eigenvalue weighted by atomic mass is 10.2. The fraction of sp³-hybridized carbons (Fsp3) is 0.185. The highest BCUT2D eigenvalue weighted by molar-refractivity contribution is 7.15. The Morgan fingerprint density at radius 3 is 2.35 bits per heavy atom. The molecule has 0 spiro atoms. The molecule has 0 aliphatic rings. The second-order valence-electron chi connectivity index (χ2n) is 7.75. The molecule has 0 atom stereocenters. The number of para-hydroxylation sites is 4. The third-order valence-electron chi connectivity index (χ3n) is 5.41. The summed E-state index contributed by atoms with van der Waals surface area (Å²) < 4.78 is 19.6. The van der Waals surface area contributed by atoms with Crippen LogP contribution in [0.2, 0.25) is 0 Å². The Bertz CT molecular complexity index is 1540. The molecule has 2 aromatic heterocycles. The van der Waals surface area contributed by atoms with Crippen molar-refractivity contribution in [2.75, 3.05) is 26.4 Å². The summed E-state index contributed by atoms with van der Waals surface area (Å²) in [4.78, 5) is 18.3. The monoisotopic (exact) mass is 472 g/mol. The normalized spacial score (nSPS) is 12.0. The smallest absolute Gasteiger partial charge is 0.274 e. The molecule has 0 bridgehead atoms. The maximum Gasteiger partial charge on any atom is 0.274 e. The number of aryl methyl sites for hydroxylation is 1. The summed E-state index contributed by atoms with van der Waals surface area (Å²) in [6.07, 6.45) is 1.86. The van der Waals surface area contributed by atoms with E-state index in [-0.39, 0.29) is 5.56 Å². The van der Waals surface area contributed by atoms with Gasteiger partial charge in [0, 0.05) is 5.56 Å². The van der Waals surface area contributed by atoms with Gasteiger partial charge >= 0.3 is 0 Å². The highest BCUT2D eigenvalue weighted by Gasteiger charge is 2.11. The molecule has 34 heavy (non-hydrogen) atoms. The predicted octanol–water partition coefficient (Wildman–Crippen LogP) is 4.24. The van der Waals surface area contributed by atoms with E-state index in [0.29, 0.717) is 41.7 Å². The number of ether oxygens (including phenoxy) is 3. The molecule has 0 N–H and O–H groups in total. The van der Waals surface area contributed by atoms with Crippen LogP contribution in [-0.4, -0.2) is 35.8 Å². The van der Waals surface area contributed by atoms with Crippen molar-refractivity contribution in [3.8, 4) is 11.5 Å². The molecule has 3 aromatic carbocycles. The number of aromatic nitrogens is 2. The molecule has 172 valence electrons. The van der Waals surface area contributed by atoms with E-state index in [9.17, 15) is 4.79 Å². The zero-order chi connectivity index (χ0) is 23.3. The van der Waals surface area contributed by atoms with Gasteiger partial charge in [-0.1, -0.05) is 59.9 Å². The number of hydrogen-bond donors (Lipinski definition) is 0. The molecule has 5 rings (SSSR count). The van der Waals surface area contributed by atoms with Crippen LogP contribution in [0.1, 0.15) is 11.1 Å². The summed E-state index contributed by atoms with van der Waals surface area (Å²) in [5, 5.41) is 0. The Morgan fingerprint density at radius 2 is 1.53 bits per heavy atom. The number of fused-ring (bicyclic) bond motifs is 3. The molecule has 5 aromatic rings. The molecule has 0 radical (unpaired) electrons. The Morgan fingerprint density at radius 1 is 0.853 bits per heavy atom. The predicted molar refractivity (Wildman–Crippen MR) is 135 cm³/mol. The van der Waals surface area contributed by atoms with Crippen LogP contribution in [0.3, 0.4) is 0 Å². The van der Waals surface area contributed by atoms with Gasteiger partial charge in [0.05, 0.1) is 28.8 Å². The molecular weight excluding hydrogens is 448 g/mol. The number of imidazole rings is 1. The second kappa shape index (κ2) is 10.1. The lowest BCUT2D eigenvalue weighted by molar-refractivity contribution is 0.0762. The van der Waals surface area contributed by atoms with Gasteiger partial charge in [0.15, 0.2) is 4.96 Å². The molecule has 0 amide bonds. The van der Waals surface area contributed by atoms with Crippen molar-refractivity contribution in [3.05, 3.63) is 98.8 Å². The van der Waals surface area contributed by atoms with E-state index in [1.165, 1.54) is 11.3 Å². The first kappa shape index (κ1) is 22.1. The van der Waals surface area contributed by atoms with Gasteiger partial charge in [-0.05, 0) is 42.8 Å². The Labute approximate surface area is 200 Å². The molecule has 2 heterocycles. The van der Waals surface area contributed by atoms with E-state index in [2.05, 4.69) is 4.98 Å². The van der Waals surface area contributed by atoms with Gasteiger partial charge in [-0.25, -0.2) is 9.38 Å². The minimum absolute atomic E-state index is 0.0690. The van der Waals surface area contributed by atoms with Gasteiger partial charge < -0.3 is 14.2 Å². The van der Waals surface area contributed by atoms with Crippen molar-refractivity contribution >= 4 is 33.4 Å². The third kappa shape index (κ3) is 4.66. The summed E-state index contributed by atoms with van der Waals surface area (Å²) >= 11 is 1.38. The van der Waals surface area contributed by atoms with Crippen LogP contribution < -0.4 is 19.6 Å². The Hall–Kier alpha value is -3.68. The van der Waals surface area contributed by atoms with E-state index in [4.69, 9.17) is 14.2 Å². The van der Waals surface area contributed by atoms with Crippen LogP contribution in [-0.2, 0) is 4.74 Å². The number of hydrogen-bond acceptors (Lipinski definition) is 6. The second-order valence-corrected chi connectivity index (χ2v) is 8.76. The van der Waals surface area contributed by atoms with Gasteiger partial charge in [-0.2, -0.15) is 0 Å². The summed E-state index contributed by atoms with van der Waals surface area (Å²) in [5.74, 6) is 1.58. The van der Waals surface area contributed by atoms with Gasteiger partial charge in [-0.15, -0.1) is 0 Å². The quantitative estimate of drug-likeness (QED) is 0.300. The molecule has 0 aliphatic heterocycles. The fourth-order valence-electron chi connectivity index (χ4n) is 3.73. The number of benzene rings is 3. The molecule has 6 nitrogen and oxygen atoms in total. The van der Waals surface area contributed by atoms with Crippen LogP contribution in [0.25, 0.3) is 22.1 Å². The van der Waals surface area contributed by atoms with Gasteiger partial charge in [0.2, 0.25) is 0 Å². The van der Waals surface area contributed by atoms with Crippen LogP contribution >= 0.6 is 11.3 Å². The largest absolute Gasteiger partial charge is 0.491 e. The maximum absolute atomic E-state index is 13.0. The van der Waals surface area contributed by atoms with Gasteiger partial charge in [0.1, 0.15) is 24.7 Å². The molecule has 0 saturated carbocycles. The summed E-state index contributed by atoms with van der Waals surface area (Å²) in [5.41, 5.74) is 3.53. The van der Waals surface area contributed by atoms with Gasteiger partial charge in [-0.3, -0.25) is 4.79 Å². The first-order valence-corrected chi connectivity index (χ1v) is 11.9. The SMILES string of the molecule is Cc1ccccc1OCCOCCOc1ccccc1/C=c1/sc2nc3ccccc3n2c1=O. The van der Waals surface area contributed by atoms with E-state index in [1.54, 1.807) is 4.40 Å². The lowest BCUT2D eigenvalue weighted by Crippen LogP contribution is -2.22. The number of thiazole rings is 1. The molecule has 0 saturated heterocycles. The van der Waals surface area contributed by atoms with Crippen molar-refractivity contribution in [1.29, 1.82) is 0 Å². The minimum Gasteiger partial charge on any atom is -0.491 e. The summed E-state index contributed by atoms with van der Waals surface area (Å²) in [6, 6.07) is 23.2. The average Bonchev–Trinajstić information content (AvgIpc) is 3.36. The Balaban J connectivity index is 1.21. The minimum atomic E-state index is -0.0690. The fourth-order valence-corrected chi connectivity index (χ4v) is 4.70. The van der Waals surface area contributed by atoms with E-state index >= 15 is 0 Å². The highest BCUT2D eigenvalue weighted by atomic mass is 32.1. The topological polar surface area (TPSA) is 62.1 Å². The maximum atomic E-state index is 13.0. The van der Waals surface area contributed by atoms with E-state index in [1.807, 2.05) is 85.8 Å². The molecular formula is C27H24N2O4S. The zero-order valence-corrected chi connectivity index (χ0v) is 19.6. The van der Waals surface area contributed by atoms with Crippen molar-refractivity contribution in [1.82, 2.24) is 9.38 Å². The third-order valence-corrected chi connectivity index (χ3v) is 6.38. The van der Waals surface area contributed by atoms with Gasteiger partial charge in [0.25, 0.3) is 5.56 Å². The standard InChI is InChI=1S/C27H24N2O4S/c1-19-8-2-6-12-23(19)32-16-14-31-15-17-33-24-13-7-3-9-20(24)18-25-26(30)29-22-11-5-4-10-21(22)28-27(29)34-25/h2-13,18H,14-17H2,1H3/b25-18+.